The third-order valence-corrected chi connectivity index (χ3v) is 5.70. The average Bonchev–Trinajstić information content (AvgIpc) is 3.24. The number of rotatable bonds is 4. The van der Waals surface area contributed by atoms with Gasteiger partial charge in [-0.15, -0.1) is 11.3 Å². The van der Waals surface area contributed by atoms with Crippen LogP contribution in [0.15, 0.2) is 120 Å². The van der Waals surface area contributed by atoms with Crippen LogP contribution in [-0.4, -0.2) is 9.55 Å². The van der Waals surface area contributed by atoms with E-state index >= 15 is 0 Å². The standard InChI is InChI=1S/C26H19N3S/c1-3-9-20(10-4-1)21-14-16-22(17-15-21)24-19-30-26(28-25-13-7-8-18-27-25)29(24)23-11-5-2-6-12-23/h1-19H/b28-26-. The summed E-state index contributed by atoms with van der Waals surface area (Å²) in [6.07, 6.45) is 1.77. The Morgan fingerprint density at radius 3 is 1.97 bits per heavy atom. The van der Waals surface area contributed by atoms with Gasteiger partial charge in [-0.1, -0.05) is 78.9 Å². The van der Waals surface area contributed by atoms with Crippen LogP contribution in [0.1, 0.15) is 0 Å². The Balaban J connectivity index is 1.63. The van der Waals surface area contributed by atoms with Crippen molar-refractivity contribution in [1.82, 2.24) is 9.55 Å². The van der Waals surface area contributed by atoms with Crippen molar-refractivity contribution in [3.63, 3.8) is 0 Å². The van der Waals surface area contributed by atoms with Gasteiger partial charge in [-0.05, 0) is 41.0 Å². The van der Waals surface area contributed by atoms with Gasteiger partial charge in [0.2, 0.25) is 0 Å². The summed E-state index contributed by atoms with van der Waals surface area (Å²) < 4.78 is 2.19. The summed E-state index contributed by atoms with van der Waals surface area (Å²) in [7, 11) is 0. The second kappa shape index (κ2) is 8.31. The van der Waals surface area contributed by atoms with Crippen molar-refractivity contribution in [2.75, 3.05) is 0 Å². The molecule has 0 spiro atoms. The van der Waals surface area contributed by atoms with E-state index in [1.54, 1.807) is 17.5 Å². The maximum Gasteiger partial charge on any atom is 0.196 e. The number of para-hydroxylation sites is 1. The van der Waals surface area contributed by atoms with Gasteiger partial charge in [0.15, 0.2) is 10.6 Å². The summed E-state index contributed by atoms with van der Waals surface area (Å²) in [5, 5.41) is 2.16. The molecule has 0 aliphatic heterocycles. The van der Waals surface area contributed by atoms with Gasteiger partial charge in [0.1, 0.15) is 0 Å². The number of thiazole rings is 1. The van der Waals surface area contributed by atoms with Crippen LogP contribution < -0.4 is 4.80 Å². The van der Waals surface area contributed by atoms with Gasteiger partial charge in [-0.2, -0.15) is 0 Å². The van der Waals surface area contributed by atoms with Crippen molar-refractivity contribution in [2.45, 2.75) is 0 Å². The Bertz CT molecular complexity index is 1300. The van der Waals surface area contributed by atoms with Gasteiger partial charge in [0.25, 0.3) is 0 Å². The highest BCUT2D eigenvalue weighted by molar-refractivity contribution is 7.07. The minimum Gasteiger partial charge on any atom is -0.285 e. The zero-order valence-corrected chi connectivity index (χ0v) is 17.0. The third-order valence-electron chi connectivity index (χ3n) is 4.87. The molecule has 5 rings (SSSR count). The van der Waals surface area contributed by atoms with Crippen LogP contribution in [0.5, 0.6) is 0 Å². The number of aromatic nitrogens is 2. The topological polar surface area (TPSA) is 30.2 Å². The van der Waals surface area contributed by atoms with Crippen molar-refractivity contribution < 1.29 is 0 Å². The number of pyridine rings is 1. The third kappa shape index (κ3) is 3.73. The molecule has 0 amide bonds. The Morgan fingerprint density at radius 2 is 1.27 bits per heavy atom. The fraction of sp³-hybridized carbons (Fsp3) is 0. The van der Waals surface area contributed by atoms with E-state index in [2.05, 4.69) is 75.6 Å². The van der Waals surface area contributed by atoms with Gasteiger partial charge in [-0.25, -0.2) is 9.98 Å². The average molecular weight is 406 g/mol. The van der Waals surface area contributed by atoms with Gasteiger partial charge >= 0.3 is 0 Å². The molecule has 0 radical (unpaired) electrons. The zero-order valence-electron chi connectivity index (χ0n) is 16.2. The number of nitrogens with zero attached hydrogens (tertiary/aromatic N) is 3. The summed E-state index contributed by atoms with van der Waals surface area (Å²) in [5.74, 6) is 0.704. The lowest BCUT2D eigenvalue weighted by atomic mass is 10.0. The first kappa shape index (κ1) is 18.3. The van der Waals surface area contributed by atoms with Gasteiger partial charge < -0.3 is 0 Å². The number of hydrogen-bond acceptors (Lipinski definition) is 3. The molecule has 5 aromatic rings. The van der Waals surface area contributed by atoms with Gasteiger partial charge in [0, 0.05) is 17.3 Å². The minimum absolute atomic E-state index is 0.704. The molecule has 0 unspecified atom stereocenters. The van der Waals surface area contributed by atoms with Crippen LogP contribution in [0.25, 0.3) is 28.1 Å². The maximum absolute atomic E-state index is 4.80. The Labute approximate surface area is 179 Å². The van der Waals surface area contributed by atoms with E-state index in [-0.39, 0.29) is 0 Å². The van der Waals surface area contributed by atoms with Crippen molar-refractivity contribution >= 4 is 17.2 Å². The van der Waals surface area contributed by atoms with Gasteiger partial charge in [-0.3, -0.25) is 4.57 Å². The fourth-order valence-electron chi connectivity index (χ4n) is 3.40. The number of benzene rings is 3. The first-order chi connectivity index (χ1) is 14.9. The predicted octanol–water partition coefficient (Wildman–Crippen LogP) is 6.50. The summed E-state index contributed by atoms with van der Waals surface area (Å²) in [4.78, 5) is 10.1. The van der Waals surface area contributed by atoms with Crippen LogP contribution in [0.3, 0.4) is 0 Å². The zero-order chi connectivity index (χ0) is 20.2. The van der Waals surface area contributed by atoms with Crippen molar-refractivity contribution in [3.05, 3.63) is 120 Å². The second-order valence-corrected chi connectivity index (χ2v) is 7.65. The van der Waals surface area contributed by atoms with Gasteiger partial charge in [0.05, 0.1) is 5.69 Å². The molecule has 0 saturated carbocycles. The molecule has 2 aromatic heterocycles. The molecule has 144 valence electrons. The molecule has 0 aliphatic rings. The second-order valence-electron chi connectivity index (χ2n) is 6.82. The van der Waals surface area contributed by atoms with Crippen LogP contribution >= 0.6 is 11.3 Å². The molecular formula is C26H19N3S. The van der Waals surface area contributed by atoms with Crippen LogP contribution in [0.2, 0.25) is 0 Å². The fourth-order valence-corrected chi connectivity index (χ4v) is 4.31. The molecular weight excluding hydrogens is 386 g/mol. The molecule has 2 heterocycles. The highest BCUT2D eigenvalue weighted by atomic mass is 32.1. The van der Waals surface area contributed by atoms with E-state index in [1.165, 1.54) is 11.1 Å². The Hall–Kier alpha value is -3.76. The first-order valence-electron chi connectivity index (χ1n) is 9.76. The monoisotopic (exact) mass is 405 g/mol. The quantitative estimate of drug-likeness (QED) is 0.336. The van der Waals surface area contributed by atoms with Crippen LogP contribution in [0, 0.1) is 0 Å². The van der Waals surface area contributed by atoms with Crippen molar-refractivity contribution in [3.8, 4) is 28.1 Å². The maximum atomic E-state index is 4.80. The normalized spacial score (nSPS) is 11.5. The minimum atomic E-state index is 0.704. The largest absolute Gasteiger partial charge is 0.285 e. The van der Waals surface area contributed by atoms with E-state index < -0.39 is 0 Å². The molecule has 3 aromatic carbocycles. The van der Waals surface area contributed by atoms with Crippen LogP contribution in [0.4, 0.5) is 5.82 Å². The predicted molar refractivity (Wildman–Crippen MR) is 124 cm³/mol. The lowest BCUT2D eigenvalue weighted by molar-refractivity contribution is 1.00. The van der Waals surface area contributed by atoms with Crippen molar-refractivity contribution in [2.24, 2.45) is 4.99 Å². The first-order valence-corrected chi connectivity index (χ1v) is 10.6. The molecule has 30 heavy (non-hydrogen) atoms. The molecule has 4 heteroatoms. The molecule has 0 aliphatic carbocycles. The smallest absolute Gasteiger partial charge is 0.196 e. The molecule has 0 saturated heterocycles. The Kier molecular flexibility index (Phi) is 5.06. The lowest BCUT2D eigenvalue weighted by Gasteiger charge is -2.10. The summed E-state index contributed by atoms with van der Waals surface area (Å²) in [6.45, 7) is 0. The van der Waals surface area contributed by atoms with E-state index in [0.717, 1.165) is 21.7 Å². The summed E-state index contributed by atoms with van der Waals surface area (Å²) >= 11 is 1.62. The number of hydrogen-bond donors (Lipinski definition) is 0. The highest BCUT2D eigenvalue weighted by Gasteiger charge is 2.10. The SMILES string of the molecule is c1ccc(-c2ccc(-c3cs/c(=N\c4ccccn4)n3-c3ccccc3)cc2)cc1. The molecule has 0 fully saturated rings. The Morgan fingerprint density at radius 1 is 0.633 bits per heavy atom. The van der Waals surface area contributed by atoms with Crippen LogP contribution in [-0.2, 0) is 0 Å². The molecule has 0 atom stereocenters. The van der Waals surface area contributed by atoms with E-state index in [0.29, 0.717) is 5.82 Å². The summed E-state index contributed by atoms with van der Waals surface area (Å²) in [6, 6.07) is 35.2. The highest BCUT2D eigenvalue weighted by Crippen LogP contribution is 2.27. The van der Waals surface area contributed by atoms with Crippen molar-refractivity contribution in [1.29, 1.82) is 0 Å². The van der Waals surface area contributed by atoms with E-state index in [4.69, 9.17) is 4.99 Å². The molecule has 0 N–H and O–H groups in total. The lowest BCUT2D eigenvalue weighted by Crippen LogP contribution is -2.13. The summed E-state index contributed by atoms with van der Waals surface area (Å²) in [5.41, 5.74) is 5.77. The molecule has 3 nitrogen and oxygen atoms in total. The molecule has 0 bridgehead atoms. The van der Waals surface area contributed by atoms with E-state index in [1.807, 2.05) is 42.5 Å². The van der Waals surface area contributed by atoms with E-state index in [9.17, 15) is 0 Å².